The number of benzene rings is 2. The molecule has 0 heteroatoms. The Kier molecular flexibility index (Phi) is 2.07. The van der Waals surface area contributed by atoms with Gasteiger partial charge < -0.3 is 0 Å². The molecule has 2 aromatic carbocycles. The lowest BCUT2D eigenvalue weighted by Gasteiger charge is -2.18. The predicted octanol–water partition coefficient (Wildman–Crippen LogP) is 3.74. The van der Waals surface area contributed by atoms with Crippen LogP contribution in [0.3, 0.4) is 0 Å². The molecule has 0 atom stereocenters. The van der Waals surface area contributed by atoms with Crippen molar-refractivity contribution in [2.75, 3.05) is 0 Å². The molecule has 2 aromatic rings. The zero-order chi connectivity index (χ0) is 10.2. The zero-order valence-electron chi connectivity index (χ0n) is 8.89. The van der Waals surface area contributed by atoms with Crippen molar-refractivity contribution in [3.8, 4) is 0 Å². The third kappa shape index (κ3) is 1.65. The van der Waals surface area contributed by atoms with Gasteiger partial charge in [0, 0.05) is 0 Å². The minimum absolute atomic E-state index is 0.171. The summed E-state index contributed by atoms with van der Waals surface area (Å²) in [6, 6.07) is 16.7. The van der Waals surface area contributed by atoms with E-state index >= 15 is 0 Å². The van der Waals surface area contributed by atoms with Crippen LogP contribution in [0.25, 0.3) is 10.8 Å². The van der Waals surface area contributed by atoms with Crippen LogP contribution in [0.15, 0.2) is 30.3 Å². The molecule has 0 unspecified atom stereocenters. The van der Waals surface area contributed by atoms with Crippen molar-refractivity contribution in [1.82, 2.24) is 0 Å². The molecule has 0 N–H and O–H groups in total. The van der Waals surface area contributed by atoms with Crippen LogP contribution in [0, 0.1) is 12.1 Å². The van der Waals surface area contributed by atoms with Crippen molar-refractivity contribution in [3.63, 3.8) is 0 Å². The number of hydrogen-bond donors (Lipinski definition) is 0. The summed E-state index contributed by atoms with van der Waals surface area (Å²) in [6.07, 6.45) is 0. The van der Waals surface area contributed by atoms with Gasteiger partial charge >= 0.3 is 0 Å². The van der Waals surface area contributed by atoms with Crippen molar-refractivity contribution in [1.29, 1.82) is 0 Å². The molecule has 0 bridgehead atoms. The van der Waals surface area contributed by atoms with Gasteiger partial charge in [-0.1, -0.05) is 32.9 Å². The van der Waals surface area contributed by atoms with E-state index in [1.165, 1.54) is 16.3 Å². The summed E-state index contributed by atoms with van der Waals surface area (Å²) in [5, 5.41) is 2.48. The molecule has 0 spiro atoms. The molecule has 0 saturated heterocycles. The van der Waals surface area contributed by atoms with Crippen LogP contribution in [0.5, 0.6) is 0 Å². The quantitative estimate of drug-likeness (QED) is 0.582. The Balaban J connectivity index is 2.63. The second-order valence-corrected chi connectivity index (χ2v) is 4.65. The molecule has 0 fully saturated rings. The summed E-state index contributed by atoms with van der Waals surface area (Å²) >= 11 is 0. The molecular formula is C14H14. The van der Waals surface area contributed by atoms with Gasteiger partial charge in [0.2, 0.25) is 0 Å². The maximum Gasteiger partial charge on any atom is -0.0125 e. The number of rotatable bonds is 0. The number of hydrogen-bond acceptors (Lipinski definition) is 0. The van der Waals surface area contributed by atoms with Gasteiger partial charge in [0.15, 0.2) is 0 Å². The van der Waals surface area contributed by atoms with Crippen molar-refractivity contribution in [2.24, 2.45) is 0 Å². The summed E-state index contributed by atoms with van der Waals surface area (Å²) < 4.78 is 0. The van der Waals surface area contributed by atoms with Crippen molar-refractivity contribution in [3.05, 3.63) is 48.0 Å². The van der Waals surface area contributed by atoms with Gasteiger partial charge in [0.05, 0.1) is 0 Å². The summed E-state index contributed by atoms with van der Waals surface area (Å²) in [6.45, 7) is 6.62. The lowest BCUT2D eigenvalue weighted by molar-refractivity contribution is 0.590. The Labute approximate surface area is 85.6 Å². The van der Waals surface area contributed by atoms with Crippen LogP contribution in [-0.4, -0.2) is 0 Å². The molecule has 0 aliphatic rings. The fourth-order valence-corrected chi connectivity index (χ4v) is 1.50. The minimum Gasteiger partial charge on any atom is -0.0561 e. The molecule has 2 rings (SSSR count). The van der Waals surface area contributed by atoms with Crippen LogP contribution in [0.1, 0.15) is 26.3 Å². The summed E-state index contributed by atoms with van der Waals surface area (Å²) in [5.41, 5.74) is 1.42. The van der Waals surface area contributed by atoms with Crippen LogP contribution in [0.4, 0.5) is 0 Å². The average Bonchev–Trinajstić information content (AvgIpc) is 2.16. The standard InChI is InChI=1S/C14H14/c1-14(2,3)13-9-8-11-6-4-5-7-12(11)10-13/h4,6-8,10H,1-3H3. The van der Waals surface area contributed by atoms with E-state index in [2.05, 4.69) is 51.1 Å². The summed E-state index contributed by atoms with van der Waals surface area (Å²) in [4.78, 5) is 0. The van der Waals surface area contributed by atoms with Gasteiger partial charge in [-0.2, -0.15) is 0 Å². The van der Waals surface area contributed by atoms with Crippen molar-refractivity contribution >= 4 is 10.8 Å². The first-order valence-corrected chi connectivity index (χ1v) is 4.89. The highest BCUT2D eigenvalue weighted by Crippen LogP contribution is 2.25. The van der Waals surface area contributed by atoms with Crippen molar-refractivity contribution < 1.29 is 0 Å². The van der Waals surface area contributed by atoms with E-state index in [1.807, 2.05) is 12.1 Å². The topological polar surface area (TPSA) is 0 Å². The second-order valence-electron chi connectivity index (χ2n) is 4.65. The molecule has 0 heterocycles. The summed E-state index contributed by atoms with van der Waals surface area (Å²) in [5.74, 6) is 0. The third-order valence-corrected chi connectivity index (χ3v) is 2.42. The molecular weight excluding hydrogens is 168 g/mol. The Morgan fingerprint density at radius 1 is 1.07 bits per heavy atom. The maximum atomic E-state index is 3.34. The van der Waals surface area contributed by atoms with Crippen LogP contribution in [0.2, 0.25) is 0 Å². The monoisotopic (exact) mass is 182 g/mol. The van der Waals surface area contributed by atoms with E-state index in [1.54, 1.807) is 0 Å². The molecule has 0 saturated carbocycles. The van der Waals surface area contributed by atoms with Crippen LogP contribution in [-0.2, 0) is 5.41 Å². The molecule has 14 heavy (non-hydrogen) atoms. The molecule has 2 radical (unpaired) electrons. The zero-order valence-corrected chi connectivity index (χ0v) is 8.89. The van der Waals surface area contributed by atoms with Gasteiger partial charge in [-0.05, 0) is 52.1 Å². The van der Waals surface area contributed by atoms with E-state index in [0.29, 0.717) is 0 Å². The highest BCUT2D eigenvalue weighted by molar-refractivity contribution is 5.82. The Morgan fingerprint density at radius 3 is 2.57 bits per heavy atom. The first-order chi connectivity index (χ1) is 6.57. The first kappa shape index (κ1) is 9.26. The van der Waals surface area contributed by atoms with E-state index in [0.717, 1.165) is 0 Å². The highest BCUT2D eigenvalue weighted by atomic mass is 14.2. The lowest BCUT2D eigenvalue weighted by Crippen LogP contribution is -2.10. The van der Waals surface area contributed by atoms with Gasteiger partial charge in [-0.25, -0.2) is 0 Å². The van der Waals surface area contributed by atoms with E-state index in [4.69, 9.17) is 0 Å². The van der Waals surface area contributed by atoms with E-state index in [9.17, 15) is 0 Å². The van der Waals surface area contributed by atoms with Crippen LogP contribution < -0.4 is 0 Å². The SMILES string of the molecule is CC(C)(C)c1[c]cc2cc[c]cc2c1. The fraction of sp³-hybridized carbons (Fsp3) is 0.286. The smallest absolute Gasteiger partial charge is 0.0125 e. The van der Waals surface area contributed by atoms with Gasteiger partial charge in [-0.3, -0.25) is 0 Å². The normalized spacial score (nSPS) is 11.9. The van der Waals surface area contributed by atoms with Gasteiger partial charge in [0.25, 0.3) is 0 Å². The average molecular weight is 182 g/mol. The highest BCUT2D eigenvalue weighted by Gasteiger charge is 2.13. The maximum absolute atomic E-state index is 3.34. The molecule has 70 valence electrons. The summed E-state index contributed by atoms with van der Waals surface area (Å²) in [7, 11) is 0. The first-order valence-electron chi connectivity index (χ1n) is 4.89. The Bertz CT molecular complexity index is 447. The Morgan fingerprint density at radius 2 is 1.86 bits per heavy atom. The molecule has 0 amide bonds. The third-order valence-electron chi connectivity index (χ3n) is 2.42. The predicted molar refractivity (Wildman–Crippen MR) is 60.3 cm³/mol. The second kappa shape index (κ2) is 3.13. The van der Waals surface area contributed by atoms with E-state index in [-0.39, 0.29) is 5.41 Å². The molecule has 0 nitrogen and oxygen atoms in total. The lowest BCUT2D eigenvalue weighted by atomic mass is 9.86. The molecule has 0 aliphatic heterocycles. The van der Waals surface area contributed by atoms with E-state index < -0.39 is 0 Å². The fourth-order valence-electron chi connectivity index (χ4n) is 1.50. The molecule has 0 aliphatic carbocycles. The Hall–Kier alpha value is -1.30. The van der Waals surface area contributed by atoms with Gasteiger partial charge in [-0.15, -0.1) is 0 Å². The largest absolute Gasteiger partial charge is 0.0561 e. The van der Waals surface area contributed by atoms with Crippen molar-refractivity contribution in [2.45, 2.75) is 26.2 Å². The van der Waals surface area contributed by atoms with Gasteiger partial charge in [0.1, 0.15) is 0 Å². The molecule has 0 aromatic heterocycles. The minimum atomic E-state index is 0.171. The number of fused-ring (bicyclic) bond motifs is 1. The van der Waals surface area contributed by atoms with Crippen LogP contribution >= 0.6 is 0 Å².